The van der Waals surface area contributed by atoms with Crippen molar-refractivity contribution in [1.82, 2.24) is 10.3 Å². The van der Waals surface area contributed by atoms with Gasteiger partial charge >= 0.3 is 5.97 Å². The van der Waals surface area contributed by atoms with Crippen LogP contribution < -0.4 is 10.1 Å². The van der Waals surface area contributed by atoms with Crippen LogP contribution in [0, 0.1) is 5.82 Å². The van der Waals surface area contributed by atoms with Crippen LogP contribution in [0.5, 0.6) is 11.5 Å². The number of aromatic hydroxyl groups is 1. The predicted molar refractivity (Wildman–Crippen MR) is 98.2 cm³/mol. The second-order valence-corrected chi connectivity index (χ2v) is 5.89. The summed E-state index contributed by atoms with van der Waals surface area (Å²) in [6.45, 7) is 0.133. The number of nitrogens with zero attached hydrogens (tertiary/aromatic N) is 1. The van der Waals surface area contributed by atoms with Crippen molar-refractivity contribution in [1.29, 1.82) is 0 Å². The lowest BCUT2D eigenvalue weighted by Crippen LogP contribution is -2.29. The molecule has 0 amide bonds. The third-order valence-electron chi connectivity index (χ3n) is 4.11. The molecule has 0 bridgehead atoms. The molecule has 146 valence electrons. The van der Waals surface area contributed by atoms with E-state index in [0.717, 1.165) is 0 Å². The first kappa shape index (κ1) is 19.4. The summed E-state index contributed by atoms with van der Waals surface area (Å²) in [4.78, 5) is 16.3. The number of rotatable bonds is 7. The Morgan fingerprint density at radius 1 is 1.25 bits per heavy atom. The van der Waals surface area contributed by atoms with Gasteiger partial charge in [0.1, 0.15) is 11.9 Å². The Morgan fingerprint density at radius 3 is 2.64 bits per heavy atom. The second-order valence-electron chi connectivity index (χ2n) is 5.89. The second kappa shape index (κ2) is 8.53. The van der Waals surface area contributed by atoms with Gasteiger partial charge in [-0.25, -0.2) is 14.2 Å². The van der Waals surface area contributed by atoms with Crippen LogP contribution in [0.4, 0.5) is 4.39 Å². The van der Waals surface area contributed by atoms with Gasteiger partial charge in [0, 0.05) is 5.56 Å². The van der Waals surface area contributed by atoms with Gasteiger partial charge in [0.05, 0.1) is 27.0 Å². The van der Waals surface area contributed by atoms with E-state index in [1.807, 2.05) is 0 Å². The number of phenols is 1. The largest absolute Gasteiger partial charge is 0.504 e. The molecular weight excluding hydrogens is 367 g/mol. The number of halogens is 1. The molecule has 0 aliphatic carbocycles. The van der Waals surface area contributed by atoms with Crippen LogP contribution in [0.25, 0.3) is 11.3 Å². The minimum Gasteiger partial charge on any atom is -0.504 e. The van der Waals surface area contributed by atoms with E-state index in [0.29, 0.717) is 28.5 Å². The minimum absolute atomic E-state index is 0.0922. The van der Waals surface area contributed by atoms with Crippen molar-refractivity contribution >= 4 is 5.97 Å². The Labute approximate surface area is 160 Å². The normalized spacial score (nSPS) is 11.8. The number of esters is 1. The van der Waals surface area contributed by atoms with Gasteiger partial charge < -0.3 is 19.0 Å². The van der Waals surface area contributed by atoms with Gasteiger partial charge in [0.25, 0.3) is 0 Å². The lowest BCUT2D eigenvalue weighted by Gasteiger charge is -2.17. The molecule has 0 fully saturated rings. The maximum absolute atomic E-state index is 13.0. The number of phenolic OH excluding ortho intramolecular Hbond substituents is 1. The molecule has 28 heavy (non-hydrogen) atoms. The number of oxazole rings is 1. The van der Waals surface area contributed by atoms with Crippen LogP contribution in [-0.2, 0) is 16.1 Å². The molecule has 0 saturated carbocycles. The van der Waals surface area contributed by atoms with E-state index in [2.05, 4.69) is 10.3 Å². The number of aromatic nitrogens is 1. The highest BCUT2D eigenvalue weighted by Gasteiger charge is 2.23. The van der Waals surface area contributed by atoms with Crippen molar-refractivity contribution in [2.75, 3.05) is 14.2 Å². The van der Waals surface area contributed by atoms with Crippen molar-refractivity contribution in [3.63, 3.8) is 0 Å². The molecule has 0 saturated heterocycles. The summed E-state index contributed by atoms with van der Waals surface area (Å²) < 4.78 is 28.5. The van der Waals surface area contributed by atoms with E-state index < -0.39 is 12.0 Å². The van der Waals surface area contributed by atoms with E-state index in [9.17, 15) is 14.3 Å². The van der Waals surface area contributed by atoms with E-state index in [-0.39, 0.29) is 18.1 Å². The number of hydrogen-bond donors (Lipinski definition) is 2. The Hall–Kier alpha value is -3.39. The maximum atomic E-state index is 13.0. The maximum Gasteiger partial charge on any atom is 0.327 e. The van der Waals surface area contributed by atoms with Crippen molar-refractivity contribution in [3.8, 4) is 22.8 Å². The van der Waals surface area contributed by atoms with Crippen LogP contribution in [0.3, 0.4) is 0 Å². The lowest BCUT2D eigenvalue weighted by molar-refractivity contribution is -0.143. The first-order valence-electron chi connectivity index (χ1n) is 8.40. The fourth-order valence-corrected chi connectivity index (χ4v) is 2.67. The van der Waals surface area contributed by atoms with Gasteiger partial charge in [-0.2, -0.15) is 0 Å². The smallest absolute Gasteiger partial charge is 0.327 e. The van der Waals surface area contributed by atoms with E-state index in [4.69, 9.17) is 13.9 Å². The van der Waals surface area contributed by atoms with Crippen LogP contribution in [-0.4, -0.2) is 30.3 Å². The molecule has 2 N–H and O–H groups in total. The summed E-state index contributed by atoms with van der Waals surface area (Å²) in [5.74, 6) is 0.151. The van der Waals surface area contributed by atoms with E-state index in [1.54, 1.807) is 24.3 Å². The van der Waals surface area contributed by atoms with Crippen molar-refractivity contribution in [2.45, 2.75) is 12.6 Å². The summed E-state index contributed by atoms with van der Waals surface area (Å²) in [7, 11) is 2.71. The molecule has 1 atom stereocenters. The zero-order valence-electron chi connectivity index (χ0n) is 15.3. The highest BCUT2D eigenvalue weighted by molar-refractivity contribution is 5.77. The first-order valence-corrected chi connectivity index (χ1v) is 8.40. The van der Waals surface area contributed by atoms with Crippen LogP contribution in [0.1, 0.15) is 17.5 Å². The number of ether oxygens (including phenoxy) is 2. The van der Waals surface area contributed by atoms with Gasteiger partial charge in [-0.1, -0.05) is 6.07 Å². The molecule has 1 heterocycles. The number of nitrogens with one attached hydrogen (secondary N) is 1. The van der Waals surface area contributed by atoms with Gasteiger partial charge in [-0.3, -0.25) is 5.32 Å². The van der Waals surface area contributed by atoms with Crippen LogP contribution in [0.15, 0.2) is 53.1 Å². The van der Waals surface area contributed by atoms with Crippen molar-refractivity contribution in [2.24, 2.45) is 0 Å². The molecule has 0 aliphatic heterocycles. The lowest BCUT2D eigenvalue weighted by atomic mass is 10.1. The number of carbonyl (C=O) groups excluding carboxylic acids is 1. The van der Waals surface area contributed by atoms with Crippen molar-refractivity contribution in [3.05, 3.63) is 65.9 Å². The third-order valence-corrected chi connectivity index (χ3v) is 4.11. The average molecular weight is 386 g/mol. The standard InChI is InChI=1S/C20H19FN2O5/c1-26-16-8-5-13(9-15(16)24)19(20(25)27-2)23-11-18-22-10-17(28-18)12-3-6-14(21)7-4-12/h3-10,19,23-24H,11H2,1-2H3/t19-/m1/s1. The van der Waals surface area contributed by atoms with Gasteiger partial charge in [-0.15, -0.1) is 0 Å². The monoisotopic (exact) mass is 386 g/mol. The Morgan fingerprint density at radius 2 is 2.00 bits per heavy atom. The summed E-state index contributed by atoms with van der Waals surface area (Å²) in [6.07, 6.45) is 1.52. The number of methoxy groups -OCH3 is 2. The molecule has 3 aromatic rings. The molecule has 0 spiro atoms. The first-order chi connectivity index (χ1) is 13.5. The van der Waals surface area contributed by atoms with Gasteiger partial charge in [-0.05, 0) is 42.0 Å². The van der Waals surface area contributed by atoms with E-state index >= 15 is 0 Å². The number of benzene rings is 2. The quantitative estimate of drug-likeness (QED) is 0.602. The Kier molecular flexibility index (Phi) is 5.90. The molecule has 3 rings (SSSR count). The van der Waals surface area contributed by atoms with Gasteiger partial charge in [0.2, 0.25) is 5.89 Å². The predicted octanol–water partition coefficient (Wildman–Crippen LogP) is 3.20. The zero-order valence-corrected chi connectivity index (χ0v) is 15.3. The van der Waals surface area contributed by atoms with Crippen LogP contribution >= 0.6 is 0 Å². The molecule has 1 aromatic heterocycles. The zero-order chi connectivity index (χ0) is 20.1. The molecule has 0 radical (unpaired) electrons. The fraction of sp³-hybridized carbons (Fsp3) is 0.200. The highest BCUT2D eigenvalue weighted by Crippen LogP contribution is 2.29. The highest BCUT2D eigenvalue weighted by atomic mass is 19.1. The number of carbonyl (C=O) groups is 1. The fourth-order valence-electron chi connectivity index (χ4n) is 2.67. The minimum atomic E-state index is -0.844. The van der Waals surface area contributed by atoms with E-state index in [1.165, 1.54) is 38.6 Å². The van der Waals surface area contributed by atoms with Crippen LogP contribution in [0.2, 0.25) is 0 Å². The summed E-state index contributed by atoms with van der Waals surface area (Å²) in [5, 5.41) is 13.0. The topological polar surface area (TPSA) is 93.8 Å². The molecule has 7 nitrogen and oxygen atoms in total. The van der Waals surface area contributed by atoms with Gasteiger partial charge in [0.15, 0.2) is 17.3 Å². The molecule has 0 unspecified atom stereocenters. The summed E-state index contributed by atoms with van der Waals surface area (Å²) in [5.41, 5.74) is 1.18. The van der Waals surface area contributed by atoms with Crippen molar-refractivity contribution < 1.29 is 28.2 Å². The third kappa shape index (κ3) is 4.29. The SMILES string of the molecule is COC(=O)[C@H](NCc1ncc(-c2ccc(F)cc2)o1)c1ccc(OC)c(O)c1. The molecule has 2 aromatic carbocycles. The Balaban J connectivity index is 1.75. The molecular formula is C20H19FN2O5. The Bertz CT molecular complexity index is 955. The summed E-state index contributed by atoms with van der Waals surface area (Å²) >= 11 is 0. The molecule has 0 aliphatic rings. The number of hydrogen-bond acceptors (Lipinski definition) is 7. The molecule has 8 heteroatoms. The summed E-state index contributed by atoms with van der Waals surface area (Å²) in [6, 6.07) is 9.62. The average Bonchev–Trinajstić information content (AvgIpc) is 3.17.